The van der Waals surface area contributed by atoms with Crippen molar-refractivity contribution < 1.29 is 23.0 Å². The van der Waals surface area contributed by atoms with Crippen LogP contribution in [0.25, 0.3) is 0 Å². The van der Waals surface area contributed by atoms with E-state index in [0.717, 1.165) is 12.1 Å². The fraction of sp³-hybridized carbons (Fsp3) is 0.600. The molecule has 1 aliphatic rings. The Morgan fingerprint density at radius 1 is 1.15 bits per heavy atom. The third-order valence-electron chi connectivity index (χ3n) is 3.88. The standard InChI is InChI=1S/C15H19F3O2/c1-12(2)9-14(19,13(3,4)20-12)10-6-5-7-11(8-10)15(16,17)18/h5-8,19H,9H2,1-4H3. The van der Waals surface area contributed by atoms with Crippen LogP contribution in [-0.2, 0) is 16.5 Å². The molecule has 1 aliphatic heterocycles. The summed E-state index contributed by atoms with van der Waals surface area (Å²) in [6.45, 7) is 7.03. The van der Waals surface area contributed by atoms with E-state index < -0.39 is 28.5 Å². The molecular weight excluding hydrogens is 269 g/mol. The quantitative estimate of drug-likeness (QED) is 0.850. The van der Waals surface area contributed by atoms with Gasteiger partial charge in [0.15, 0.2) is 0 Å². The van der Waals surface area contributed by atoms with Crippen LogP contribution in [0.3, 0.4) is 0 Å². The van der Waals surface area contributed by atoms with Gasteiger partial charge in [0.1, 0.15) is 5.60 Å². The molecule has 0 bridgehead atoms. The van der Waals surface area contributed by atoms with E-state index in [1.165, 1.54) is 12.1 Å². The van der Waals surface area contributed by atoms with E-state index in [0.29, 0.717) is 0 Å². The average molecular weight is 288 g/mol. The van der Waals surface area contributed by atoms with Crippen LogP contribution in [0.1, 0.15) is 45.2 Å². The second-order valence-corrected chi connectivity index (χ2v) is 6.49. The molecule has 1 fully saturated rings. The molecule has 0 radical (unpaired) electrons. The maximum atomic E-state index is 12.8. The SMILES string of the molecule is CC1(C)CC(O)(c2cccc(C(F)(F)F)c2)C(C)(C)O1. The largest absolute Gasteiger partial charge is 0.416 e. The Kier molecular flexibility index (Phi) is 3.23. The van der Waals surface area contributed by atoms with Crippen molar-refractivity contribution in [2.24, 2.45) is 0 Å². The molecule has 1 aromatic rings. The topological polar surface area (TPSA) is 29.5 Å². The highest BCUT2D eigenvalue weighted by Gasteiger charge is 2.57. The molecule has 0 spiro atoms. The first-order valence-electron chi connectivity index (χ1n) is 6.48. The number of hydrogen-bond donors (Lipinski definition) is 1. The van der Waals surface area contributed by atoms with Gasteiger partial charge < -0.3 is 9.84 Å². The zero-order valence-electron chi connectivity index (χ0n) is 12.0. The molecule has 1 unspecified atom stereocenters. The van der Waals surface area contributed by atoms with Gasteiger partial charge in [0.05, 0.1) is 16.8 Å². The predicted octanol–water partition coefficient (Wildman–Crippen LogP) is 3.87. The van der Waals surface area contributed by atoms with Gasteiger partial charge in [-0.3, -0.25) is 0 Å². The average Bonchev–Trinajstić information content (AvgIpc) is 2.42. The minimum atomic E-state index is -4.43. The number of aliphatic hydroxyl groups is 1. The predicted molar refractivity (Wildman–Crippen MR) is 69.2 cm³/mol. The first kappa shape index (κ1) is 15.3. The van der Waals surface area contributed by atoms with Crippen LogP contribution in [0.2, 0.25) is 0 Å². The molecule has 0 aliphatic carbocycles. The summed E-state index contributed by atoms with van der Waals surface area (Å²) < 4.78 is 44.2. The lowest BCUT2D eigenvalue weighted by atomic mass is 9.77. The van der Waals surface area contributed by atoms with E-state index in [-0.39, 0.29) is 12.0 Å². The number of hydrogen-bond acceptors (Lipinski definition) is 2. The second-order valence-electron chi connectivity index (χ2n) is 6.49. The van der Waals surface area contributed by atoms with E-state index >= 15 is 0 Å². The minimum absolute atomic E-state index is 0.239. The monoisotopic (exact) mass is 288 g/mol. The van der Waals surface area contributed by atoms with Crippen molar-refractivity contribution in [3.05, 3.63) is 35.4 Å². The lowest BCUT2D eigenvalue weighted by molar-refractivity contribution is -0.139. The Morgan fingerprint density at radius 2 is 1.75 bits per heavy atom. The van der Waals surface area contributed by atoms with Crippen molar-refractivity contribution in [2.75, 3.05) is 0 Å². The number of ether oxygens (including phenoxy) is 1. The van der Waals surface area contributed by atoms with Crippen LogP contribution < -0.4 is 0 Å². The van der Waals surface area contributed by atoms with Crippen LogP contribution in [0, 0.1) is 0 Å². The highest BCUT2D eigenvalue weighted by molar-refractivity contribution is 5.33. The number of rotatable bonds is 1. The molecule has 5 heteroatoms. The molecule has 1 aromatic carbocycles. The molecule has 112 valence electrons. The summed E-state index contributed by atoms with van der Waals surface area (Å²) in [6.07, 6.45) is -4.18. The molecular formula is C15H19F3O2. The number of alkyl halides is 3. The fourth-order valence-corrected chi connectivity index (χ4v) is 3.04. The van der Waals surface area contributed by atoms with Crippen LogP contribution in [0.5, 0.6) is 0 Å². The summed E-state index contributed by atoms with van der Waals surface area (Å²) in [4.78, 5) is 0. The molecule has 2 nitrogen and oxygen atoms in total. The Bertz CT molecular complexity index is 520. The van der Waals surface area contributed by atoms with E-state index in [2.05, 4.69) is 0 Å². The van der Waals surface area contributed by atoms with E-state index in [4.69, 9.17) is 4.74 Å². The van der Waals surface area contributed by atoms with Gasteiger partial charge in [-0.15, -0.1) is 0 Å². The molecule has 1 N–H and O–H groups in total. The van der Waals surface area contributed by atoms with Gasteiger partial charge in [0.2, 0.25) is 0 Å². The summed E-state index contributed by atoms with van der Waals surface area (Å²) in [6, 6.07) is 4.84. The van der Waals surface area contributed by atoms with Crippen molar-refractivity contribution in [1.82, 2.24) is 0 Å². The third-order valence-corrected chi connectivity index (χ3v) is 3.88. The minimum Gasteiger partial charge on any atom is -0.382 e. The Morgan fingerprint density at radius 3 is 2.20 bits per heavy atom. The summed E-state index contributed by atoms with van der Waals surface area (Å²) >= 11 is 0. The third kappa shape index (κ3) is 2.44. The molecule has 1 heterocycles. The zero-order chi connectivity index (χ0) is 15.4. The van der Waals surface area contributed by atoms with Gasteiger partial charge in [0.25, 0.3) is 0 Å². The van der Waals surface area contributed by atoms with Gasteiger partial charge in [-0.2, -0.15) is 13.2 Å². The summed E-state index contributed by atoms with van der Waals surface area (Å²) in [7, 11) is 0. The van der Waals surface area contributed by atoms with Crippen molar-refractivity contribution in [2.45, 2.75) is 57.1 Å². The summed E-state index contributed by atoms with van der Waals surface area (Å²) in [5.74, 6) is 0. The summed E-state index contributed by atoms with van der Waals surface area (Å²) in [5.41, 5.74) is -3.52. The molecule has 2 rings (SSSR count). The van der Waals surface area contributed by atoms with Crippen LogP contribution in [0.15, 0.2) is 24.3 Å². The van der Waals surface area contributed by atoms with Gasteiger partial charge in [-0.05, 0) is 45.4 Å². The van der Waals surface area contributed by atoms with E-state index in [1.807, 2.05) is 13.8 Å². The zero-order valence-corrected chi connectivity index (χ0v) is 12.0. The van der Waals surface area contributed by atoms with Crippen molar-refractivity contribution in [3.8, 4) is 0 Å². The first-order chi connectivity index (χ1) is 8.87. The van der Waals surface area contributed by atoms with Crippen LogP contribution in [0.4, 0.5) is 13.2 Å². The molecule has 20 heavy (non-hydrogen) atoms. The molecule has 1 atom stereocenters. The Hall–Kier alpha value is -1.07. The maximum Gasteiger partial charge on any atom is 0.416 e. The summed E-state index contributed by atoms with van der Waals surface area (Å²) in [5, 5.41) is 10.9. The number of halogens is 3. The van der Waals surface area contributed by atoms with E-state index in [9.17, 15) is 18.3 Å². The fourth-order valence-electron chi connectivity index (χ4n) is 3.04. The first-order valence-corrected chi connectivity index (χ1v) is 6.48. The Balaban J connectivity index is 2.51. The smallest absolute Gasteiger partial charge is 0.382 e. The van der Waals surface area contributed by atoms with Crippen molar-refractivity contribution in [1.29, 1.82) is 0 Å². The van der Waals surface area contributed by atoms with Gasteiger partial charge in [-0.1, -0.05) is 12.1 Å². The normalized spacial score (nSPS) is 28.6. The number of benzene rings is 1. The lowest BCUT2D eigenvalue weighted by Crippen LogP contribution is -2.43. The molecule has 0 saturated carbocycles. The van der Waals surface area contributed by atoms with Crippen molar-refractivity contribution in [3.63, 3.8) is 0 Å². The molecule has 1 saturated heterocycles. The van der Waals surface area contributed by atoms with E-state index in [1.54, 1.807) is 13.8 Å². The van der Waals surface area contributed by atoms with Crippen molar-refractivity contribution >= 4 is 0 Å². The lowest BCUT2D eigenvalue weighted by Gasteiger charge is -2.35. The highest BCUT2D eigenvalue weighted by atomic mass is 19.4. The van der Waals surface area contributed by atoms with Gasteiger partial charge >= 0.3 is 6.18 Å². The highest BCUT2D eigenvalue weighted by Crippen LogP contribution is 2.51. The molecule has 0 amide bonds. The van der Waals surface area contributed by atoms with Gasteiger partial charge in [-0.25, -0.2) is 0 Å². The Labute approximate surface area is 116 Å². The maximum absolute atomic E-state index is 12.8. The molecule has 0 aromatic heterocycles. The van der Waals surface area contributed by atoms with Crippen LogP contribution >= 0.6 is 0 Å². The second kappa shape index (κ2) is 4.21. The van der Waals surface area contributed by atoms with Gasteiger partial charge in [0, 0.05) is 6.42 Å². The van der Waals surface area contributed by atoms with Crippen LogP contribution in [-0.4, -0.2) is 16.3 Å².